The molecule has 0 saturated heterocycles. The van der Waals surface area contributed by atoms with Crippen LogP contribution in [0.15, 0.2) is 30.6 Å². The molecule has 0 aliphatic rings. The van der Waals surface area contributed by atoms with E-state index in [0.29, 0.717) is 0 Å². The summed E-state index contributed by atoms with van der Waals surface area (Å²) in [5, 5.41) is 0. The Kier molecular flexibility index (Phi) is 3.86. The lowest BCUT2D eigenvalue weighted by molar-refractivity contribution is 0.406. The highest BCUT2D eigenvalue weighted by Crippen LogP contribution is 2.30. The zero-order valence-electron chi connectivity index (χ0n) is 11.9. The van der Waals surface area contributed by atoms with E-state index < -0.39 is 0 Å². The van der Waals surface area contributed by atoms with Crippen molar-refractivity contribution in [3.63, 3.8) is 0 Å². The summed E-state index contributed by atoms with van der Waals surface area (Å²) in [7, 11) is 1.64. The topological polar surface area (TPSA) is 48.1 Å². The summed E-state index contributed by atoms with van der Waals surface area (Å²) >= 11 is 0. The minimum absolute atomic E-state index is 0.197. The third-order valence-corrected chi connectivity index (χ3v) is 3.59. The summed E-state index contributed by atoms with van der Waals surface area (Å²) in [5.74, 6) is 0.729. The van der Waals surface area contributed by atoms with Gasteiger partial charge >= 0.3 is 0 Å². The van der Waals surface area contributed by atoms with Crippen LogP contribution in [0, 0.1) is 20.8 Å². The fourth-order valence-corrected chi connectivity index (χ4v) is 2.30. The maximum atomic E-state index is 6.40. The van der Waals surface area contributed by atoms with Crippen LogP contribution >= 0.6 is 0 Å². The van der Waals surface area contributed by atoms with E-state index in [1.54, 1.807) is 19.5 Å². The summed E-state index contributed by atoms with van der Waals surface area (Å²) < 4.78 is 5.34. The van der Waals surface area contributed by atoms with Crippen LogP contribution < -0.4 is 10.5 Å². The highest BCUT2D eigenvalue weighted by atomic mass is 16.5. The number of rotatable bonds is 3. The molecule has 0 radical (unpaired) electrons. The zero-order valence-corrected chi connectivity index (χ0v) is 11.9. The van der Waals surface area contributed by atoms with E-state index in [1.807, 2.05) is 6.07 Å². The molecule has 3 heteroatoms. The number of benzene rings is 1. The van der Waals surface area contributed by atoms with E-state index in [9.17, 15) is 0 Å². The standard InChI is InChI=1S/C16H20N2O/c1-10-7-12(3)14(8-11(10)2)16(17)13-5-6-18-9-15(13)19-4/h5-9,16H,17H2,1-4H3. The number of methoxy groups -OCH3 is 1. The molecule has 1 aromatic heterocycles. The molecule has 2 N–H and O–H groups in total. The molecular weight excluding hydrogens is 236 g/mol. The van der Waals surface area contributed by atoms with Crippen LogP contribution in [-0.4, -0.2) is 12.1 Å². The van der Waals surface area contributed by atoms with Gasteiger partial charge in [-0.2, -0.15) is 0 Å². The SMILES string of the molecule is COc1cnccc1C(N)c1cc(C)c(C)cc1C. The third-order valence-electron chi connectivity index (χ3n) is 3.59. The molecule has 0 aliphatic heterocycles. The van der Waals surface area contributed by atoms with Crippen molar-refractivity contribution in [3.8, 4) is 5.75 Å². The number of nitrogens with two attached hydrogens (primary N) is 1. The van der Waals surface area contributed by atoms with E-state index in [2.05, 4.69) is 37.9 Å². The lowest BCUT2D eigenvalue weighted by Crippen LogP contribution is -2.15. The molecule has 1 atom stereocenters. The average Bonchev–Trinajstić information content (AvgIpc) is 2.42. The molecule has 1 unspecified atom stereocenters. The summed E-state index contributed by atoms with van der Waals surface area (Å²) in [6.45, 7) is 6.31. The van der Waals surface area contributed by atoms with Gasteiger partial charge in [0.2, 0.25) is 0 Å². The summed E-state index contributed by atoms with van der Waals surface area (Å²) in [6, 6.07) is 6.06. The van der Waals surface area contributed by atoms with E-state index >= 15 is 0 Å². The van der Waals surface area contributed by atoms with Crippen LogP contribution in [0.25, 0.3) is 0 Å². The predicted octanol–water partition coefficient (Wildman–Crippen LogP) is 3.06. The van der Waals surface area contributed by atoms with Crippen molar-refractivity contribution in [2.75, 3.05) is 7.11 Å². The number of nitrogens with zero attached hydrogens (tertiary/aromatic N) is 1. The predicted molar refractivity (Wildman–Crippen MR) is 77.5 cm³/mol. The number of aromatic nitrogens is 1. The molecule has 19 heavy (non-hydrogen) atoms. The van der Waals surface area contributed by atoms with Crippen LogP contribution in [0.4, 0.5) is 0 Å². The number of ether oxygens (including phenoxy) is 1. The van der Waals surface area contributed by atoms with Crippen LogP contribution in [0.1, 0.15) is 33.9 Å². The van der Waals surface area contributed by atoms with Crippen molar-refractivity contribution in [2.24, 2.45) is 5.73 Å². The van der Waals surface area contributed by atoms with Gasteiger partial charge in [0.1, 0.15) is 5.75 Å². The minimum atomic E-state index is -0.197. The molecule has 100 valence electrons. The van der Waals surface area contributed by atoms with Gasteiger partial charge in [-0.3, -0.25) is 4.98 Å². The lowest BCUT2D eigenvalue weighted by Gasteiger charge is -2.19. The van der Waals surface area contributed by atoms with Crippen molar-refractivity contribution >= 4 is 0 Å². The lowest BCUT2D eigenvalue weighted by atomic mass is 9.92. The number of aryl methyl sites for hydroxylation is 3. The van der Waals surface area contributed by atoms with Crippen molar-refractivity contribution < 1.29 is 4.74 Å². The Morgan fingerprint density at radius 3 is 2.42 bits per heavy atom. The maximum absolute atomic E-state index is 6.40. The first-order valence-electron chi connectivity index (χ1n) is 6.35. The molecule has 0 bridgehead atoms. The summed E-state index contributed by atoms with van der Waals surface area (Å²) in [6.07, 6.45) is 3.44. The first-order chi connectivity index (χ1) is 9.04. The Balaban J connectivity index is 2.50. The van der Waals surface area contributed by atoms with E-state index in [0.717, 1.165) is 16.9 Å². The highest BCUT2D eigenvalue weighted by molar-refractivity contribution is 5.45. The van der Waals surface area contributed by atoms with Crippen LogP contribution in [0.5, 0.6) is 5.75 Å². The van der Waals surface area contributed by atoms with Gasteiger partial charge < -0.3 is 10.5 Å². The van der Waals surface area contributed by atoms with Gasteiger partial charge in [-0.05, 0) is 49.1 Å². The molecular formula is C16H20N2O. The second-order valence-electron chi connectivity index (χ2n) is 4.89. The van der Waals surface area contributed by atoms with Crippen molar-refractivity contribution in [3.05, 3.63) is 58.4 Å². The Bertz CT molecular complexity index is 593. The largest absolute Gasteiger partial charge is 0.495 e. The van der Waals surface area contributed by atoms with E-state index in [4.69, 9.17) is 10.5 Å². The molecule has 0 saturated carbocycles. The van der Waals surface area contributed by atoms with Crippen LogP contribution in [0.3, 0.4) is 0 Å². The third kappa shape index (κ3) is 2.61. The van der Waals surface area contributed by atoms with Crippen LogP contribution in [0.2, 0.25) is 0 Å². The first-order valence-corrected chi connectivity index (χ1v) is 6.35. The number of pyridine rings is 1. The first kappa shape index (κ1) is 13.6. The Morgan fingerprint density at radius 1 is 1.05 bits per heavy atom. The van der Waals surface area contributed by atoms with Gasteiger partial charge in [-0.15, -0.1) is 0 Å². The molecule has 2 aromatic rings. The van der Waals surface area contributed by atoms with Crippen molar-refractivity contribution in [2.45, 2.75) is 26.8 Å². The molecule has 0 amide bonds. The molecule has 0 fully saturated rings. The Morgan fingerprint density at radius 2 is 1.74 bits per heavy atom. The average molecular weight is 256 g/mol. The van der Waals surface area contributed by atoms with Gasteiger partial charge in [-0.1, -0.05) is 12.1 Å². The zero-order chi connectivity index (χ0) is 14.0. The van der Waals surface area contributed by atoms with Crippen LogP contribution in [-0.2, 0) is 0 Å². The molecule has 1 aromatic carbocycles. The van der Waals surface area contributed by atoms with Gasteiger partial charge in [-0.25, -0.2) is 0 Å². The van der Waals surface area contributed by atoms with Gasteiger partial charge in [0.15, 0.2) is 0 Å². The normalized spacial score (nSPS) is 12.3. The number of hydrogen-bond donors (Lipinski definition) is 1. The summed E-state index contributed by atoms with van der Waals surface area (Å²) in [5.41, 5.74) is 12.2. The summed E-state index contributed by atoms with van der Waals surface area (Å²) in [4.78, 5) is 4.07. The van der Waals surface area contributed by atoms with E-state index in [-0.39, 0.29) is 6.04 Å². The highest BCUT2D eigenvalue weighted by Gasteiger charge is 2.16. The second kappa shape index (κ2) is 5.41. The maximum Gasteiger partial charge on any atom is 0.142 e. The second-order valence-corrected chi connectivity index (χ2v) is 4.89. The molecule has 1 heterocycles. The van der Waals surface area contributed by atoms with Gasteiger partial charge in [0.05, 0.1) is 19.3 Å². The van der Waals surface area contributed by atoms with Gasteiger partial charge in [0, 0.05) is 11.8 Å². The number of hydrogen-bond acceptors (Lipinski definition) is 3. The Labute approximate surface area is 114 Å². The molecule has 0 aliphatic carbocycles. The van der Waals surface area contributed by atoms with Gasteiger partial charge in [0.25, 0.3) is 0 Å². The smallest absolute Gasteiger partial charge is 0.142 e. The molecule has 0 spiro atoms. The van der Waals surface area contributed by atoms with Crippen molar-refractivity contribution in [1.29, 1.82) is 0 Å². The quantitative estimate of drug-likeness (QED) is 0.918. The Hall–Kier alpha value is -1.87. The fraction of sp³-hybridized carbons (Fsp3) is 0.312. The van der Waals surface area contributed by atoms with E-state index in [1.165, 1.54) is 16.7 Å². The monoisotopic (exact) mass is 256 g/mol. The fourth-order valence-electron chi connectivity index (χ4n) is 2.30. The molecule has 3 nitrogen and oxygen atoms in total. The minimum Gasteiger partial charge on any atom is -0.495 e. The van der Waals surface area contributed by atoms with Crippen molar-refractivity contribution in [1.82, 2.24) is 4.98 Å². The molecule has 2 rings (SSSR count).